The van der Waals surface area contributed by atoms with E-state index in [0.29, 0.717) is 13.2 Å². The number of ether oxygens (including phenoxy) is 4. The van der Waals surface area contributed by atoms with Crippen molar-refractivity contribution in [3.63, 3.8) is 0 Å². The average molecular weight is 300 g/mol. The van der Waals surface area contributed by atoms with E-state index in [0.717, 1.165) is 13.0 Å². The molecule has 0 aliphatic heterocycles. The van der Waals surface area contributed by atoms with Gasteiger partial charge in [0.1, 0.15) is 0 Å². The van der Waals surface area contributed by atoms with Gasteiger partial charge in [0.05, 0.1) is 19.5 Å². The van der Waals surface area contributed by atoms with E-state index in [1.54, 1.807) is 25.3 Å². The fourth-order valence-corrected chi connectivity index (χ4v) is 1.000. The third kappa shape index (κ3) is 16.2. The van der Waals surface area contributed by atoms with E-state index in [2.05, 4.69) is 13.2 Å². The summed E-state index contributed by atoms with van der Waals surface area (Å²) in [4.78, 5) is 11.1. The molecular weight excluding hydrogens is 272 g/mol. The van der Waals surface area contributed by atoms with Gasteiger partial charge < -0.3 is 18.9 Å². The molecule has 0 aliphatic rings. The number of carbonyl (C=O) groups excluding carboxylic acids is 1. The molecule has 122 valence electrons. The summed E-state index contributed by atoms with van der Waals surface area (Å²) in [5, 5.41) is 0. The highest BCUT2D eigenvalue weighted by Crippen LogP contribution is 2.04. The van der Waals surface area contributed by atoms with E-state index in [-0.39, 0.29) is 5.76 Å². The van der Waals surface area contributed by atoms with Crippen LogP contribution in [0.1, 0.15) is 34.1 Å². The van der Waals surface area contributed by atoms with Crippen molar-refractivity contribution in [1.82, 2.24) is 0 Å². The van der Waals surface area contributed by atoms with Crippen LogP contribution in [-0.4, -0.2) is 32.1 Å². The Balaban J connectivity index is 0. The number of hydrogen-bond acceptors (Lipinski definition) is 5. The summed E-state index contributed by atoms with van der Waals surface area (Å²) in [6, 6.07) is 0. The topological polar surface area (TPSA) is 54.0 Å². The molecule has 0 heterocycles. The van der Waals surface area contributed by atoms with Crippen LogP contribution in [0.5, 0.6) is 0 Å². The van der Waals surface area contributed by atoms with Crippen LogP contribution in [-0.2, 0) is 23.7 Å². The molecule has 5 heteroatoms. The molecule has 5 nitrogen and oxygen atoms in total. The molecule has 0 amide bonds. The fourth-order valence-electron chi connectivity index (χ4n) is 1.000. The first-order chi connectivity index (χ1) is 10.0. The van der Waals surface area contributed by atoms with E-state index >= 15 is 0 Å². The van der Waals surface area contributed by atoms with Crippen molar-refractivity contribution in [3.05, 3.63) is 37.3 Å². The van der Waals surface area contributed by atoms with Gasteiger partial charge in [0.2, 0.25) is 0 Å². The molecule has 0 bridgehead atoms. The minimum absolute atomic E-state index is 0.0144. The van der Waals surface area contributed by atoms with Gasteiger partial charge in [0.25, 0.3) is 0 Å². The Bertz CT molecular complexity index is 310. The number of allylic oxidation sites excluding steroid dienone is 2. The average Bonchev–Trinajstić information content (AvgIpc) is 2.46. The van der Waals surface area contributed by atoms with Gasteiger partial charge in [0.15, 0.2) is 12.0 Å². The number of esters is 1. The summed E-state index contributed by atoms with van der Waals surface area (Å²) in [5.41, 5.74) is 0. The summed E-state index contributed by atoms with van der Waals surface area (Å²) < 4.78 is 19.8. The van der Waals surface area contributed by atoms with Gasteiger partial charge in [-0.1, -0.05) is 19.6 Å². The smallest absolute Gasteiger partial charge is 0.373 e. The highest BCUT2D eigenvalue weighted by atomic mass is 16.7. The maximum absolute atomic E-state index is 11.1. The normalized spacial score (nSPS) is 11.0. The van der Waals surface area contributed by atoms with Crippen molar-refractivity contribution < 1.29 is 23.7 Å². The summed E-state index contributed by atoms with van der Waals surface area (Å²) >= 11 is 0. The van der Waals surface area contributed by atoms with E-state index in [1.807, 2.05) is 20.8 Å². The first-order valence-corrected chi connectivity index (χ1v) is 7.06. The van der Waals surface area contributed by atoms with Gasteiger partial charge in [-0.3, -0.25) is 0 Å². The lowest BCUT2D eigenvalue weighted by molar-refractivity contribution is -0.153. The molecule has 21 heavy (non-hydrogen) atoms. The lowest BCUT2D eigenvalue weighted by atomic mass is 10.5. The minimum Gasteiger partial charge on any atom is -0.501 e. The summed E-state index contributed by atoms with van der Waals surface area (Å²) in [7, 11) is 0. The number of carbonyl (C=O) groups is 1. The molecule has 0 aromatic rings. The lowest BCUT2D eigenvalue weighted by Crippen LogP contribution is -2.18. The molecule has 0 aromatic carbocycles. The second-order valence-corrected chi connectivity index (χ2v) is 3.72. The van der Waals surface area contributed by atoms with Crippen LogP contribution in [0.25, 0.3) is 0 Å². The van der Waals surface area contributed by atoms with E-state index < -0.39 is 12.3 Å². The van der Waals surface area contributed by atoms with Crippen LogP contribution >= 0.6 is 0 Å². The maximum atomic E-state index is 11.1. The molecule has 0 fully saturated rings. The van der Waals surface area contributed by atoms with Gasteiger partial charge in [0, 0.05) is 6.61 Å². The molecule has 0 saturated heterocycles. The maximum Gasteiger partial charge on any atom is 0.373 e. The molecule has 0 aliphatic carbocycles. The van der Waals surface area contributed by atoms with Gasteiger partial charge in [-0.05, 0) is 39.8 Å². The van der Waals surface area contributed by atoms with E-state index in [1.165, 1.54) is 0 Å². The SMILES string of the molecule is C=C(OC(C)OCC)C(=O)OCCC.C=CC=COCC. The highest BCUT2D eigenvalue weighted by Gasteiger charge is 2.12. The van der Waals surface area contributed by atoms with Gasteiger partial charge in [-0.2, -0.15) is 0 Å². The molecule has 0 saturated carbocycles. The summed E-state index contributed by atoms with van der Waals surface area (Å²) in [6.07, 6.45) is 5.35. The first kappa shape index (κ1) is 21.5. The predicted molar refractivity (Wildman–Crippen MR) is 83.5 cm³/mol. The number of hydrogen-bond donors (Lipinski definition) is 0. The monoisotopic (exact) mass is 300 g/mol. The molecule has 0 aromatic heterocycles. The zero-order valence-corrected chi connectivity index (χ0v) is 13.6. The first-order valence-electron chi connectivity index (χ1n) is 7.06. The van der Waals surface area contributed by atoms with Crippen LogP contribution in [0.4, 0.5) is 0 Å². The van der Waals surface area contributed by atoms with Gasteiger partial charge >= 0.3 is 5.97 Å². The predicted octanol–water partition coefficient (Wildman–Crippen LogP) is 3.58. The van der Waals surface area contributed by atoms with E-state index in [9.17, 15) is 4.79 Å². The molecule has 0 N–H and O–H groups in total. The molecule has 0 rings (SSSR count). The quantitative estimate of drug-likeness (QED) is 0.203. The van der Waals surface area contributed by atoms with Crippen molar-refractivity contribution >= 4 is 5.97 Å². The van der Waals surface area contributed by atoms with Crippen LogP contribution in [0, 0.1) is 0 Å². The van der Waals surface area contributed by atoms with Crippen LogP contribution in [0.15, 0.2) is 37.3 Å². The Labute approximate surface area is 128 Å². The Morgan fingerprint density at radius 1 is 1.24 bits per heavy atom. The second-order valence-electron chi connectivity index (χ2n) is 3.72. The van der Waals surface area contributed by atoms with Crippen molar-refractivity contribution in [2.45, 2.75) is 40.4 Å². The van der Waals surface area contributed by atoms with Crippen molar-refractivity contribution in [3.8, 4) is 0 Å². The van der Waals surface area contributed by atoms with Crippen molar-refractivity contribution in [1.29, 1.82) is 0 Å². The Morgan fingerprint density at radius 2 is 1.90 bits per heavy atom. The molecule has 1 atom stereocenters. The van der Waals surface area contributed by atoms with Crippen LogP contribution in [0.2, 0.25) is 0 Å². The van der Waals surface area contributed by atoms with Gasteiger partial charge in [-0.15, -0.1) is 0 Å². The summed E-state index contributed by atoms with van der Waals surface area (Å²) in [6.45, 7) is 15.9. The second kappa shape index (κ2) is 16.3. The van der Waals surface area contributed by atoms with E-state index in [4.69, 9.17) is 18.9 Å². The van der Waals surface area contributed by atoms with Gasteiger partial charge in [-0.25, -0.2) is 4.79 Å². The zero-order valence-electron chi connectivity index (χ0n) is 13.6. The fraction of sp³-hybridized carbons (Fsp3) is 0.562. The molecule has 1 unspecified atom stereocenters. The van der Waals surface area contributed by atoms with Crippen molar-refractivity contribution in [2.24, 2.45) is 0 Å². The minimum atomic E-state index is -0.529. The van der Waals surface area contributed by atoms with Crippen LogP contribution in [0.3, 0.4) is 0 Å². The lowest BCUT2D eigenvalue weighted by Gasteiger charge is -2.14. The molecule has 0 radical (unpaired) electrons. The third-order valence-electron chi connectivity index (χ3n) is 1.85. The van der Waals surface area contributed by atoms with Crippen LogP contribution < -0.4 is 0 Å². The largest absolute Gasteiger partial charge is 0.501 e. The highest BCUT2D eigenvalue weighted by molar-refractivity contribution is 5.85. The molecule has 0 spiro atoms. The van der Waals surface area contributed by atoms with Crippen molar-refractivity contribution in [2.75, 3.05) is 19.8 Å². The third-order valence-corrected chi connectivity index (χ3v) is 1.85. The standard InChI is InChI=1S/C10H18O4.C6H10O/c1-5-7-13-10(11)8(3)14-9(4)12-6-2;1-3-5-6-7-4-2/h9H,3,5-7H2,1-2,4H3;3,5-6H,1,4H2,2H3. The number of rotatable bonds is 10. The Morgan fingerprint density at radius 3 is 2.38 bits per heavy atom. The molecular formula is C16H28O5. The zero-order chi connectivity index (χ0) is 16.5. The Hall–Kier alpha value is -1.75. The summed E-state index contributed by atoms with van der Waals surface area (Å²) in [5.74, 6) is -0.544. The Kier molecular flexibility index (Phi) is 16.7.